The molecule has 0 aromatic rings. The highest BCUT2D eigenvalue weighted by Crippen LogP contribution is 2.10. The first-order valence-electron chi connectivity index (χ1n) is 4.49. The van der Waals surface area contributed by atoms with Crippen molar-refractivity contribution in [1.82, 2.24) is 5.32 Å². The zero-order chi connectivity index (χ0) is 9.03. The first kappa shape index (κ1) is 9.99. The van der Waals surface area contributed by atoms with Gasteiger partial charge in [0.15, 0.2) is 0 Å². The molecule has 72 valence electrons. The highest BCUT2D eigenvalue weighted by atomic mass is 32.2. The normalized spacial score (nSPS) is 25.6. The van der Waals surface area contributed by atoms with Gasteiger partial charge in [-0.05, 0) is 25.8 Å². The van der Waals surface area contributed by atoms with Crippen molar-refractivity contribution in [2.45, 2.75) is 31.7 Å². The van der Waals surface area contributed by atoms with Crippen LogP contribution in [0.1, 0.15) is 25.7 Å². The molecule has 1 aliphatic rings. The molecular formula is C8H17NO2S. The molecular weight excluding hydrogens is 174 g/mol. The SMILES string of the molecule is CS(=O)(=O)CC[C@H]1CCCCN1. The van der Waals surface area contributed by atoms with Gasteiger partial charge in [-0.1, -0.05) is 6.42 Å². The van der Waals surface area contributed by atoms with E-state index in [0.29, 0.717) is 11.8 Å². The van der Waals surface area contributed by atoms with Crippen LogP contribution in [0.3, 0.4) is 0 Å². The molecule has 0 aromatic carbocycles. The van der Waals surface area contributed by atoms with Gasteiger partial charge >= 0.3 is 0 Å². The molecule has 1 atom stereocenters. The molecule has 0 amide bonds. The number of rotatable bonds is 3. The van der Waals surface area contributed by atoms with Crippen molar-refractivity contribution in [3.63, 3.8) is 0 Å². The zero-order valence-corrected chi connectivity index (χ0v) is 8.36. The molecule has 1 fully saturated rings. The van der Waals surface area contributed by atoms with Crippen LogP contribution in [0.2, 0.25) is 0 Å². The maximum Gasteiger partial charge on any atom is 0.147 e. The van der Waals surface area contributed by atoms with Gasteiger partial charge in [-0.3, -0.25) is 0 Å². The van der Waals surface area contributed by atoms with Crippen molar-refractivity contribution in [3.05, 3.63) is 0 Å². The van der Waals surface area contributed by atoms with Gasteiger partial charge in [0.05, 0.1) is 5.75 Å². The lowest BCUT2D eigenvalue weighted by molar-refractivity contribution is 0.393. The number of sulfone groups is 1. The molecule has 1 aliphatic heterocycles. The fraction of sp³-hybridized carbons (Fsp3) is 1.00. The van der Waals surface area contributed by atoms with Crippen LogP contribution < -0.4 is 5.32 Å². The van der Waals surface area contributed by atoms with Crippen molar-refractivity contribution in [2.24, 2.45) is 0 Å². The molecule has 4 heteroatoms. The number of nitrogens with one attached hydrogen (secondary N) is 1. The van der Waals surface area contributed by atoms with E-state index < -0.39 is 9.84 Å². The van der Waals surface area contributed by atoms with E-state index in [2.05, 4.69) is 5.32 Å². The second-order valence-electron chi connectivity index (χ2n) is 3.57. The van der Waals surface area contributed by atoms with E-state index in [1.165, 1.54) is 19.1 Å². The molecule has 0 unspecified atom stereocenters. The molecule has 0 aliphatic carbocycles. The summed E-state index contributed by atoms with van der Waals surface area (Å²) in [6, 6.07) is 0.438. The topological polar surface area (TPSA) is 46.2 Å². The minimum atomic E-state index is -2.76. The number of piperidine rings is 1. The van der Waals surface area contributed by atoms with Gasteiger partial charge in [0.1, 0.15) is 9.84 Å². The smallest absolute Gasteiger partial charge is 0.147 e. The van der Waals surface area contributed by atoms with Crippen molar-refractivity contribution >= 4 is 9.84 Å². The summed E-state index contributed by atoms with van der Waals surface area (Å²) < 4.78 is 21.7. The summed E-state index contributed by atoms with van der Waals surface area (Å²) in [5, 5.41) is 3.33. The van der Waals surface area contributed by atoms with Crippen LogP contribution in [0, 0.1) is 0 Å². The predicted octanol–water partition coefficient (Wildman–Crippen LogP) is 0.563. The number of hydrogen-bond donors (Lipinski definition) is 1. The third kappa shape index (κ3) is 4.07. The monoisotopic (exact) mass is 191 g/mol. The quantitative estimate of drug-likeness (QED) is 0.709. The lowest BCUT2D eigenvalue weighted by Gasteiger charge is -2.22. The first-order chi connectivity index (χ1) is 5.58. The van der Waals surface area contributed by atoms with E-state index in [-0.39, 0.29) is 0 Å². The van der Waals surface area contributed by atoms with Crippen LogP contribution in [0.25, 0.3) is 0 Å². The fourth-order valence-corrected chi connectivity index (χ4v) is 2.24. The maximum atomic E-state index is 10.8. The molecule has 1 saturated heterocycles. The van der Waals surface area contributed by atoms with E-state index >= 15 is 0 Å². The lowest BCUT2D eigenvalue weighted by Crippen LogP contribution is -2.35. The molecule has 12 heavy (non-hydrogen) atoms. The molecule has 0 spiro atoms. The second-order valence-corrected chi connectivity index (χ2v) is 5.83. The molecule has 0 saturated carbocycles. The van der Waals surface area contributed by atoms with Crippen molar-refractivity contribution in [1.29, 1.82) is 0 Å². The summed E-state index contributed by atoms with van der Waals surface area (Å²) in [7, 11) is -2.76. The predicted molar refractivity (Wildman–Crippen MR) is 50.0 cm³/mol. The Labute approximate surface area is 74.5 Å². The third-order valence-corrected chi connectivity index (χ3v) is 3.23. The Morgan fingerprint density at radius 2 is 2.17 bits per heavy atom. The third-order valence-electron chi connectivity index (χ3n) is 2.25. The molecule has 1 rings (SSSR count). The zero-order valence-electron chi connectivity index (χ0n) is 7.54. The van der Waals surface area contributed by atoms with E-state index in [1.807, 2.05) is 0 Å². The molecule has 0 radical (unpaired) electrons. The molecule has 0 bridgehead atoms. The van der Waals surface area contributed by atoms with Gasteiger partial charge < -0.3 is 5.32 Å². The first-order valence-corrected chi connectivity index (χ1v) is 6.55. The van der Waals surface area contributed by atoms with Crippen LogP contribution in [-0.4, -0.2) is 33.0 Å². The van der Waals surface area contributed by atoms with Crippen LogP contribution in [0.4, 0.5) is 0 Å². The number of hydrogen-bond acceptors (Lipinski definition) is 3. The Morgan fingerprint density at radius 1 is 1.42 bits per heavy atom. The van der Waals surface area contributed by atoms with Gasteiger partial charge in [-0.25, -0.2) is 8.42 Å². The van der Waals surface area contributed by atoms with Crippen LogP contribution in [0.5, 0.6) is 0 Å². The Hall–Kier alpha value is -0.0900. The van der Waals surface area contributed by atoms with E-state index in [0.717, 1.165) is 19.4 Å². The Kier molecular flexibility index (Phi) is 3.53. The average Bonchev–Trinajstić information content (AvgIpc) is 2.02. The summed E-state index contributed by atoms with van der Waals surface area (Å²) in [5.74, 6) is 0.324. The average molecular weight is 191 g/mol. The highest BCUT2D eigenvalue weighted by molar-refractivity contribution is 7.90. The highest BCUT2D eigenvalue weighted by Gasteiger charge is 2.14. The van der Waals surface area contributed by atoms with Crippen molar-refractivity contribution in [3.8, 4) is 0 Å². The van der Waals surface area contributed by atoms with E-state index in [4.69, 9.17) is 0 Å². The van der Waals surface area contributed by atoms with Crippen LogP contribution in [0.15, 0.2) is 0 Å². The van der Waals surface area contributed by atoms with Gasteiger partial charge in [-0.2, -0.15) is 0 Å². The Morgan fingerprint density at radius 3 is 2.67 bits per heavy atom. The summed E-state index contributed by atoms with van der Waals surface area (Å²) >= 11 is 0. The van der Waals surface area contributed by atoms with E-state index in [1.54, 1.807) is 0 Å². The minimum Gasteiger partial charge on any atom is -0.314 e. The summed E-state index contributed by atoms with van der Waals surface area (Å²) in [4.78, 5) is 0. The standard InChI is InChI=1S/C8H17NO2S/c1-12(10,11)7-5-8-4-2-3-6-9-8/h8-9H,2-7H2,1H3/t8-/m1/s1. The van der Waals surface area contributed by atoms with Gasteiger partial charge in [0.25, 0.3) is 0 Å². The molecule has 1 heterocycles. The summed E-state index contributed by atoms with van der Waals surface area (Å²) in [6.45, 7) is 1.05. The fourth-order valence-electron chi connectivity index (χ4n) is 1.53. The molecule has 0 aromatic heterocycles. The second kappa shape index (κ2) is 4.23. The Balaban J connectivity index is 2.22. The maximum absolute atomic E-state index is 10.8. The minimum absolute atomic E-state index is 0.324. The van der Waals surface area contributed by atoms with Gasteiger partial charge in [-0.15, -0.1) is 0 Å². The molecule has 1 N–H and O–H groups in total. The largest absolute Gasteiger partial charge is 0.314 e. The van der Waals surface area contributed by atoms with Gasteiger partial charge in [0, 0.05) is 12.3 Å². The van der Waals surface area contributed by atoms with Crippen LogP contribution in [-0.2, 0) is 9.84 Å². The summed E-state index contributed by atoms with van der Waals surface area (Å²) in [5.41, 5.74) is 0. The summed E-state index contributed by atoms with van der Waals surface area (Å²) in [6.07, 6.45) is 5.68. The molecule has 3 nitrogen and oxygen atoms in total. The van der Waals surface area contributed by atoms with E-state index in [9.17, 15) is 8.42 Å². The van der Waals surface area contributed by atoms with Gasteiger partial charge in [0.2, 0.25) is 0 Å². The van der Waals surface area contributed by atoms with Crippen LogP contribution >= 0.6 is 0 Å². The van der Waals surface area contributed by atoms with Crippen molar-refractivity contribution < 1.29 is 8.42 Å². The Bertz CT molecular complexity index is 217. The lowest BCUT2D eigenvalue weighted by atomic mass is 10.0. The van der Waals surface area contributed by atoms with Crippen molar-refractivity contribution in [2.75, 3.05) is 18.6 Å².